The number of rotatable bonds is 2. The van der Waals surface area contributed by atoms with E-state index >= 15 is 0 Å². The quantitative estimate of drug-likeness (QED) is 0.614. The van der Waals surface area contributed by atoms with E-state index in [4.69, 9.17) is 10.5 Å². The second-order valence-electron chi connectivity index (χ2n) is 2.17. The maximum absolute atomic E-state index is 5.29. The number of hydrogen-bond donors (Lipinski definition) is 1. The van der Waals surface area contributed by atoms with Gasteiger partial charge in [0.1, 0.15) is 0 Å². The first kappa shape index (κ1) is 11.1. The summed E-state index contributed by atoms with van der Waals surface area (Å²) in [4.78, 5) is 0. The highest BCUT2D eigenvalue weighted by atomic mass is 35.5. The summed E-state index contributed by atoms with van der Waals surface area (Å²) >= 11 is 0. The zero-order valence-electron chi connectivity index (χ0n) is 5.60. The van der Waals surface area contributed by atoms with Gasteiger partial charge in [0, 0.05) is 13.7 Å². The topological polar surface area (TPSA) is 35.2 Å². The number of ether oxygens (including phenoxy) is 1. The van der Waals surface area contributed by atoms with Crippen LogP contribution in [-0.4, -0.2) is 19.3 Å². The Kier molecular flexibility index (Phi) is 5.71. The zero-order valence-corrected chi connectivity index (χ0v) is 6.42. The molecule has 8 heavy (non-hydrogen) atoms. The molecule has 0 aromatic heterocycles. The number of methoxy groups -OCH3 is 1. The van der Waals surface area contributed by atoms with Gasteiger partial charge in [0.2, 0.25) is 0 Å². The van der Waals surface area contributed by atoms with Crippen LogP contribution in [-0.2, 0) is 4.74 Å². The van der Waals surface area contributed by atoms with E-state index in [1.807, 2.05) is 13.8 Å². The first-order valence-electron chi connectivity index (χ1n) is 2.37. The standard InChI is InChI=1S/C5H13NO.ClH/c1-5(2,4-6)7-3;/h4,6H2,1-3H3;1H. The summed E-state index contributed by atoms with van der Waals surface area (Å²) in [5.74, 6) is 0. The van der Waals surface area contributed by atoms with Crippen LogP contribution < -0.4 is 5.73 Å². The lowest BCUT2D eigenvalue weighted by molar-refractivity contribution is 0.0307. The fourth-order valence-electron chi connectivity index (χ4n) is 0.0833. The monoisotopic (exact) mass is 139 g/mol. The number of halogens is 1. The third-order valence-corrected chi connectivity index (χ3v) is 1.04. The summed E-state index contributed by atoms with van der Waals surface area (Å²) in [5.41, 5.74) is 5.15. The molecule has 0 bridgehead atoms. The predicted octanol–water partition coefficient (Wildman–Crippen LogP) is 0.792. The van der Waals surface area contributed by atoms with E-state index in [0.717, 1.165) is 0 Å². The molecule has 52 valence electrons. The van der Waals surface area contributed by atoms with Crippen molar-refractivity contribution in [2.45, 2.75) is 19.4 Å². The first-order valence-corrected chi connectivity index (χ1v) is 2.37. The first-order chi connectivity index (χ1) is 3.12. The van der Waals surface area contributed by atoms with Gasteiger partial charge in [-0.3, -0.25) is 0 Å². The van der Waals surface area contributed by atoms with Gasteiger partial charge in [0.05, 0.1) is 5.60 Å². The van der Waals surface area contributed by atoms with Crippen molar-refractivity contribution in [3.8, 4) is 0 Å². The summed E-state index contributed by atoms with van der Waals surface area (Å²) in [6.07, 6.45) is 0. The molecule has 0 heterocycles. The molecule has 0 fully saturated rings. The van der Waals surface area contributed by atoms with Gasteiger partial charge in [0.15, 0.2) is 0 Å². The Balaban J connectivity index is 0. The molecule has 0 aromatic rings. The van der Waals surface area contributed by atoms with Gasteiger partial charge in [-0.2, -0.15) is 0 Å². The van der Waals surface area contributed by atoms with E-state index in [-0.39, 0.29) is 18.0 Å². The average Bonchev–Trinajstić information content (AvgIpc) is 1.68. The van der Waals surface area contributed by atoms with Crippen molar-refractivity contribution in [3.05, 3.63) is 0 Å². The van der Waals surface area contributed by atoms with E-state index in [1.54, 1.807) is 7.11 Å². The summed E-state index contributed by atoms with van der Waals surface area (Å²) < 4.78 is 4.96. The molecule has 0 saturated heterocycles. The molecule has 0 atom stereocenters. The molecule has 2 nitrogen and oxygen atoms in total. The lowest BCUT2D eigenvalue weighted by Crippen LogP contribution is -2.32. The third kappa shape index (κ3) is 4.37. The SMILES string of the molecule is COC(C)(C)CN.Cl. The minimum absolute atomic E-state index is 0. The Morgan fingerprint density at radius 3 is 1.88 bits per heavy atom. The second-order valence-corrected chi connectivity index (χ2v) is 2.17. The molecule has 0 aliphatic heterocycles. The highest BCUT2D eigenvalue weighted by Crippen LogP contribution is 2.01. The van der Waals surface area contributed by atoms with Crippen LogP contribution in [0.5, 0.6) is 0 Å². The highest BCUT2D eigenvalue weighted by Gasteiger charge is 2.11. The maximum Gasteiger partial charge on any atom is 0.0744 e. The van der Waals surface area contributed by atoms with E-state index in [9.17, 15) is 0 Å². The molecule has 2 N–H and O–H groups in total. The number of nitrogens with two attached hydrogens (primary N) is 1. The van der Waals surface area contributed by atoms with Gasteiger partial charge in [-0.1, -0.05) is 0 Å². The van der Waals surface area contributed by atoms with Crippen molar-refractivity contribution in [1.29, 1.82) is 0 Å². The Morgan fingerprint density at radius 1 is 1.50 bits per heavy atom. The average molecular weight is 140 g/mol. The van der Waals surface area contributed by atoms with Crippen molar-refractivity contribution in [1.82, 2.24) is 0 Å². The van der Waals surface area contributed by atoms with Crippen LogP contribution in [0, 0.1) is 0 Å². The van der Waals surface area contributed by atoms with Crippen molar-refractivity contribution in [3.63, 3.8) is 0 Å². The smallest absolute Gasteiger partial charge is 0.0744 e. The molecular weight excluding hydrogens is 126 g/mol. The van der Waals surface area contributed by atoms with E-state index in [2.05, 4.69) is 0 Å². The van der Waals surface area contributed by atoms with Crippen LogP contribution in [0.25, 0.3) is 0 Å². The highest BCUT2D eigenvalue weighted by molar-refractivity contribution is 5.85. The van der Waals surface area contributed by atoms with Crippen LogP contribution in [0.15, 0.2) is 0 Å². The molecule has 0 aliphatic carbocycles. The van der Waals surface area contributed by atoms with Crippen LogP contribution in [0.4, 0.5) is 0 Å². The molecule has 0 spiro atoms. The minimum atomic E-state index is -0.139. The van der Waals surface area contributed by atoms with Crippen LogP contribution >= 0.6 is 12.4 Å². The second kappa shape index (κ2) is 4.13. The molecule has 0 saturated carbocycles. The molecule has 0 aromatic carbocycles. The van der Waals surface area contributed by atoms with Gasteiger partial charge in [-0.05, 0) is 13.8 Å². The van der Waals surface area contributed by atoms with Crippen molar-refractivity contribution in [2.75, 3.05) is 13.7 Å². The zero-order chi connectivity index (χ0) is 5.91. The molecule has 3 heteroatoms. The van der Waals surface area contributed by atoms with Crippen molar-refractivity contribution >= 4 is 12.4 Å². The van der Waals surface area contributed by atoms with E-state index in [0.29, 0.717) is 6.54 Å². The molecule has 0 unspecified atom stereocenters. The van der Waals surface area contributed by atoms with Crippen molar-refractivity contribution < 1.29 is 4.74 Å². The largest absolute Gasteiger partial charge is 0.378 e. The van der Waals surface area contributed by atoms with Crippen molar-refractivity contribution in [2.24, 2.45) is 5.73 Å². The normalized spacial score (nSPS) is 10.5. The summed E-state index contributed by atoms with van der Waals surface area (Å²) in [6.45, 7) is 4.48. The molecule has 0 rings (SSSR count). The van der Waals surface area contributed by atoms with E-state index < -0.39 is 0 Å². The molecule has 0 aliphatic rings. The minimum Gasteiger partial charge on any atom is -0.378 e. The van der Waals surface area contributed by atoms with Crippen LogP contribution in [0.1, 0.15) is 13.8 Å². The third-order valence-electron chi connectivity index (χ3n) is 1.04. The number of hydrogen-bond acceptors (Lipinski definition) is 2. The molecule has 0 radical (unpaired) electrons. The Bertz CT molecular complexity index is 50.4. The predicted molar refractivity (Wildman–Crippen MR) is 37.4 cm³/mol. The lowest BCUT2D eigenvalue weighted by atomic mass is 10.1. The maximum atomic E-state index is 5.29. The summed E-state index contributed by atoms with van der Waals surface area (Å²) in [5, 5.41) is 0. The molecule has 0 amide bonds. The van der Waals surface area contributed by atoms with Gasteiger partial charge >= 0.3 is 0 Å². The van der Waals surface area contributed by atoms with Crippen LogP contribution in [0.2, 0.25) is 0 Å². The lowest BCUT2D eigenvalue weighted by Gasteiger charge is -2.19. The summed E-state index contributed by atoms with van der Waals surface area (Å²) in [7, 11) is 1.66. The van der Waals surface area contributed by atoms with Crippen LogP contribution in [0.3, 0.4) is 0 Å². The van der Waals surface area contributed by atoms with Gasteiger partial charge in [0.25, 0.3) is 0 Å². The van der Waals surface area contributed by atoms with E-state index in [1.165, 1.54) is 0 Å². The Morgan fingerprint density at radius 2 is 1.88 bits per heavy atom. The molecular formula is C5H14ClNO. The Labute approximate surface area is 56.8 Å². The fraction of sp³-hybridized carbons (Fsp3) is 1.00. The fourth-order valence-corrected chi connectivity index (χ4v) is 0.0833. The van der Waals surface area contributed by atoms with Gasteiger partial charge < -0.3 is 10.5 Å². The van der Waals surface area contributed by atoms with Gasteiger partial charge in [-0.15, -0.1) is 12.4 Å². The van der Waals surface area contributed by atoms with Gasteiger partial charge in [-0.25, -0.2) is 0 Å². The summed E-state index contributed by atoms with van der Waals surface area (Å²) in [6, 6.07) is 0. The Hall–Kier alpha value is 0.210.